The topological polar surface area (TPSA) is 114 Å². The standard InChI is InChI=1S/2CH4O3S.Ra/c2*1-5(2,3)4;/h2*1H3,(H,2,3,4);/q;;+2/p-2. The van der Waals surface area contributed by atoms with Gasteiger partial charge in [0.2, 0.25) is 0 Å². The van der Waals surface area contributed by atoms with E-state index in [1.165, 1.54) is 0 Å². The first-order valence-corrected chi connectivity index (χ1v) is 5.45. The summed E-state index contributed by atoms with van der Waals surface area (Å²) in [4.78, 5) is 0. The molecule has 9 heteroatoms. The molecule has 0 rings (SSSR count). The van der Waals surface area contributed by atoms with E-state index in [4.69, 9.17) is 25.9 Å². The summed E-state index contributed by atoms with van der Waals surface area (Å²) in [6.45, 7) is 0. The quantitative estimate of drug-likeness (QED) is 0.436. The first-order chi connectivity index (χ1) is 4.00. The summed E-state index contributed by atoms with van der Waals surface area (Å²) in [6, 6.07) is 0. The Morgan fingerprint density at radius 2 is 0.818 bits per heavy atom. The maximum atomic E-state index is 9.08. The Bertz CT molecular complexity index is 215. The fraction of sp³-hybridized carbons (Fsp3) is 1.00. The van der Waals surface area contributed by atoms with Crippen molar-refractivity contribution in [1.29, 1.82) is 0 Å². The SMILES string of the molecule is CS(=O)(=O)[O-].CS(=O)(=O)[O-].[Ra+2]. The molecule has 0 fully saturated rings. The normalized spacial score (nSPS) is 10.5. The van der Waals surface area contributed by atoms with Crippen molar-refractivity contribution in [2.75, 3.05) is 12.5 Å². The van der Waals surface area contributed by atoms with Crippen molar-refractivity contribution in [2.45, 2.75) is 0 Å². The summed E-state index contributed by atoms with van der Waals surface area (Å²) in [5.74, 6) is 0. The van der Waals surface area contributed by atoms with Gasteiger partial charge in [0.25, 0.3) is 0 Å². The zero-order valence-corrected chi connectivity index (χ0v) is 13.4. The first kappa shape index (κ1) is 18.1. The molecule has 0 saturated carbocycles. The van der Waals surface area contributed by atoms with Gasteiger partial charge in [0.15, 0.2) is 0 Å². The summed E-state index contributed by atoms with van der Waals surface area (Å²) < 4.78 is 54.5. The molecule has 0 N–H and O–H groups in total. The average molecular weight is 416 g/mol. The Kier molecular flexibility index (Phi) is 11.2. The van der Waals surface area contributed by atoms with E-state index in [9.17, 15) is 0 Å². The smallest absolute Gasteiger partial charge is 0.748 e. The third-order valence-corrected chi connectivity index (χ3v) is 0. The van der Waals surface area contributed by atoms with Gasteiger partial charge in [-0.15, -0.1) is 0 Å². The number of rotatable bonds is 0. The van der Waals surface area contributed by atoms with Gasteiger partial charge in [0, 0.05) is 12.5 Å². The minimum atomic E-state index is -3.92. The summed E-state index contributed by atoms with van der Waals surface area (Å²) >= 11 is 0. The largest absolute Gasteiger partial charge is 2.00 e. The minimum absolute atomic E-state index is 0. The predicted molar refractivity (Wildman–Crippen MR) is 31.2 cm³/mol. The third kappa shape index (κ3) is 587. The van der Waals surface area contributed by atoms with Gasteiger partial charge in [-0.3, -0.25) is 0 Å². The fourth-order valence-corrected chi connectivity index (χ4v) is 0. The molecule has 64 valence electrons. The van der Waals surface area contributed by atoms with E-state index in [-0.39, 0.29) is 45.0 Å². The van der Waals surface area contributed by atoms with Crippen LogP contribution in [0.4, 0.5) is 0 Å². The van der Waals surface area contributed by atoms with Crippen LogP contribution in [0.2, 0.25) is 0 Å². The van der Waals surface area contributed by atoms with E-state index in [0.29, 0.717) is 12.5 Å². The Morgan fingerprint density at radius 1 is 0.818 bits per heavy atom. The molecule has 0 saturated heterocycles. The van der Waals surface area contributed by atoms with Gasteiger partial charge < -0.3 is 9.11 Å². The van der Waals surface area contributed by atoms with Crippen LogP contribution in [-0.2, 0) is 20.2 Å². The molecule has 0 aliphatic carbocycles. The second-order valence-electron chi connectivity index (χ2n) is 1.41. The molecule has 0 spiro atoms. The van der Waals surface area contributed by atoms with Crippen LogP contribution in [0.3, 0.4) is 0 Å². The van der Waals surface area contributed by atoms with Crippen molar-refractivity contribution in [1.82, 2.24) is 0 Å². The molecule has 0 heterocycles. The average Bonchev–Trinajstić information content (AvgIpc) is 1.12. The monoisotopic (exact) mass is 416 g/mol. The van der Waals surface area contributed by atoms with Crippen LogP contribution in [0.5, 0.6) is 0 Å². The minimum Gasteiger partial charge on any atom is -0.748 e. The van der Waals surface area contributed by atoms with Crippen molar-refractivity contribution < 1.29 is 70.9 Å². The molecule has 0 aliphatic heterocycles. The van der Waals surface area contributed by atoms with Gasteiger partial charge in [0.05, 0.1) is 20.2 Å². The molecular weight excluding hydrogens is 410 g/mol. The Morgan fingerprint density at radius 3 is 0.818 bits per heavy atom. The van der Waals surface area contributed by atoms with E-state index < -0.39 is 20.2 Å². The van der Waals surface area contributed by atoms with Crippen LogP contribution in [0, 0.1) is 45.0 Å². The van der Waals surface area contributed by atoms with Crippen LogP contribution < -0.4 is 0 Å². The molecule has 0 amide bonds. The molecule has 0 aliphatic rings. The molecule has 0 aromatic rings. The molecule has 0 radical (unpaired) electrons. The van der Waals surface area contributed by atoms with Crippen molar-refractivity contribution in [3.05, 3.63) is 0 Å². The second-order valence-corrected chi connectivity index (χ2v) is 4.22. The van der Waals surface area contributed by atoms with Crippen LogP contribution >= 0.6 is 0 Å². The molecule has 0 aromatic heterocycles. The molecule has 0 unspecified atom stereocenters. The van der Waals surface area contributed by atoms with Crippen LogP contribution in [-0.4, -0.2) is 38.5 Å². The van der Waals surface area contributed by atoms with Gasteiger partial charge in [-0.25, -0.2) is 16.8 Å². The van der Waals surface area contributed by atoms with Gasteiger partial charge in [-0.05, 0) is 0 Å². The zero-order valence-electron chi connectivity index (χ0n) is 5.97. The maximum absolute atomic E-state index is 9.08. The Labute approximate surface area is 102 Å². The van der Waals surface area contributed by atoms with Crippen molar-refractivity contribution in [2.24, 2.45) is 0 Å². The third-order valence-electron chi connectivity index (χ3n) is 0. The van der Waals surface area contributed by atoms with Crippen LogP contribution in [0.15, 0.2) is 0 Å². The summed E-state index contributed by atoms with van der Waals surface area (Å²) in [7, 11) is -7.83. The summed E-state index contributed by atoms with van der Waals surface area (Å²) in [5.41, 5.74) is 0. The van der Waals surface area contributed by atoms with E-state index in [0.717, 1.165) is 0 Å². The van der Waals surface area contributed by atoms with Crippen LogP contribution in [0.1, 0.15) is 0 Å². The summed E-state index contributed by atoms with van der Waals surface area (Å²) in [5, 5.41) is 0. The van der Waals surface area contributed by atoms with Crippen molar-refractivity contribution in [3.8, 4) is 0 Å². The van der Waals surface area contributed by atoms with E-state index in [1.54, 1.807) is 0 Å². The van der Waals surface area contributed by atoms with Gasteiger partial charge in [-0.2, -0.15) is 0 Å². The van der Waals surface area contributed by atoms with Crippen LogP contribution in [0.25, 0.3) is 0 Å². The second kappa shape index (κ2) is 6.77. The van der Waals surface area contributed by atoms with E-state index in [2.05, 4.69) is 0 Å². The first-order valence-electron chi connectivity index (χ1n) is 1.82. The van der Waals surface area contributed by atoms with Gasteiger partial charge >= 0.3 is 45.0 Å². The fourth-order valence-electron chi connectivity index (χ4n) is 0. The maximum Gasteiger partial charge on any atom is 2.00 e. The van der Waals surface area contributed by atoms with Gasteiger partial charge in [0.1, 0.15) is 0 Å². The molecule has 11 heavy (non-hydrogen) atoms. The number of hydrogen-bond donors (Lipinski definition) is 0. The zero-order chi connectivity index (χ0) is 9.00. The molecule has 0 bridgehead atoms. The van der Waals surface area contributed by atoms with Crippen molar-refractivity contribution >= 4 is 20.2 Å². The molecule has 6 nitrogen and oxygen atoms in total. The van der Waals surface area contributed by atoms with E-state index in [1.807, 2.05) is 0 Å². The van der Waals surface area contributed by atoms with E-state index >= 15 is 0 Å². The molecule has 0 atom stereocenters. The number of hydrogen-bond acceptors (Lipinski definition) is 6. The Hall–Kier alpha value is 1.29. The van der Waals surface area contributed by atoms with Gasteiger partial charge in [-0.1, -0.05) is 0 Å². The summed E-state index contributed by atoms with van der Waals surface area (Å²) in [6.07, 6.45) is 1.21. The van der Waals surface area contributed by atoms with Crippen molar-refractivity contribution in [3.63, 3.8) is 0 Å². The predicted octanol–water partition coefficient (Wildman–Crippen LogP) is -1.68. The molecular formula is C2H6O6RaS2. The Balaban J connectivity index is -0.000000107. The molecule has 0 aromatic carbocycles.